The number of hydrogen-bond donors (Lipinski definition) is 2. The molecule has 0 aliphatic carbocycles. The number of carbonyl (C=O) groups excluding carboxylic acids is 3. The number of imide groups is 1. The highest BCUT2D eigenvalue weighted by Gasteiger charge is 2.48. The molecule has 9 nitrogen and oxygen atoms in total. The fraction of sp³-hybridized carbons (Fsp3) is 0.167. The molecule has 1 saturated heterocycles. The quantitative estimate of drug-likeness (QED) is 0.311. The fourth-order valence-electron chi connectivity index (χ4n) is 4.87. The number of amides is 4. The molecule has 4 aromatic rings. The van der Waals surface area contributed by atoms with E-state index in [1.165, 1.54) is 4.90 Å². The Morgan fingerprint density at radius 2 is 1.95 bits per heavy atom. The Morgan fingerprint density at radius 1 is 1.08 bits per heavy atom. The van der Waals surface area contributed by atoms with E-state index >= 15 is 0 Å². The van der Waals surface area contributed by atoms with Gasteiger partial charge in [-0.3, -0.25) is 24.9 Å². The lowest BCUT2D eigenvalue weighted by Gasteiger charge is -2.26. The molecule has 4 amide bonds. The minimum Gasteiger partial charge on any atom is -0.489 e. The van der Waals surface area contributed by atoms with Crippen LogP contribution in [0.5, 0.6) is 5.75 Å². The fourth-order valence-corrected chi connectivity index (χ4v) is 4.87. The number of pyridine rings is 2. The predicted molar refractivity (Wildman–Crippen MR) is 143 cm³/mol. The van der Waals surface area contributed by atoms with E-state index in [-0.39, 0.29) is 19.0 Å². The lowest BCUT2D eigenvalue weighted by molar-refractivity contribution is -0.122. The van der Waals surface area contributed by atoms with Crippen molar-refractivity contribution in [2.24, 2.45) is 0 Å². The van der Waals surface area contributed by atoms with Gasteiger partial charge in [-0.25, -0.2) is 4.79 Å². The van der Waals surface area contributed by atoms with Gasteiger partial charge in [0.1, 0.15) is 12.4 Å². The number of aromatic nitrogens is 2. The van der Waals surface area contributed by atoms with Gasteiger partial charge in [0.15, 0.2) is 0 Å². The molecule has 6 rings (SSSR count). The Balaban J connectivity index is 1.22. The minimum atomic E-state index is -1.58. The number of rotatable bonds is 5. The summed E-state index contributed by atoms with van der Waals surface area (Å²) in [5.41, 5.74) is 3.10. The topological polar surface area (TPSA) is 114 Å². The molecule has 1 unspecified atom stereocenters. The van der Waals surface area contributed by atoms with Gasteiger partial charge in [-0.2, -0.15) is 0 Å². The van der Waals surface area contributed by atoms with Gasteiger partial charge in [0.2, 0.25) is 5.54 Å². The molecule has 9 heteroatoms. The smallest absolute Gasteiger partial charge is 0.323 e. The average Bonchev–Trinajstić information content (AvgIpc) is 3.40. The van der Waals surface area contributed by atoms with Gasteiger partial charge in [-0.1, -0.05) is 36.1 Å². The molecule has 0 saturated carbocycles. The number of ether oxygens (including phenoxy) is 1. The van der Waals surface area contributed by atoms with Crippen molar-refractivity contribution in [2.45, 2.75) is 25.6 Å². The van der Waals surface area contributed by atoms with Crippen LogP contribution in [0.15, 0.2) is 73.1 Å². The van der Waals surface area contributed by atoms with Gasteiger partial charge in [-0.05, 0) is 48.9 Å². The Labute approximate surface area is 224 Å². The van der Waals surface area contributed by atoms with Crippen molar-refractivity contribution in [3.8, 4) is 17.6 Å². The first-order chi connectivity index (χ1) is 18.9. The highest BCUT2D eigenvalue weighted by atomic mass is 16.5. The third-order valence-corrected chi connectivity index (χ3v) is 6.74. The predicted octanol–water partition coefficient (Wildman–Crippen LogP) is 3.10. The Morgan fingerprint density at radius 3 is 2.74 bits per heavy atom. The van der Waals surface area contributed by atoms with Crippen LogP contribution in [0.4, 0.5) is 4.79 Å². The first-order valence-corrected chi connectivity index (χ1v) is 12.4. The van der Waals surface area contributed by atoms with Crippen molar-refractivity contribution in [1.29, 1.82) is 0 Å². The number of para-hydroxylation sites is 1. The highest BCUT2D eigenvalue weighted by molar-refractivity contribution is 6.10. The van der Waals surface area contributed by atoms with Crippen molar-refractivity contribution in [1.82, 2.24) is 25.5 Å². The van der Waals surface area contributed by atoms with E-state index < -0.39 is 17.5 Å². The summed E-state index contributed by atoms with van der Waals surface area (Å²) < 4.78 is 6.09. The normalized spacial score (nSPS) is 17.9. The SMILES string of the molecule is Cc1cc(COc2ccc3c(c2)C(=O)N(CC2(C#Cc4cccnc4)NC(=O)NC2=O)C3)c2ccccc2n1. The van der Waals surface area contributed by atoms with Crippen LogP contribution in [0.3, 0.4) is 0 Å². The maximum atomic E-state index is 13.4. The molecule has 0 spiro atoms. The van der Waals surface area contributed by atoms with Crippen molar-refractivity contribution in [3.63, 3.8) is 0 Å². The van der Waals surface area contributed by atoms with Crippen LogP contribution in [-0.4, -0.2) is 44.8 Å². The number of hydrogen-bond acceptors (Lipinski definition) is 6. The molecule has 0 bridgehead atoms. The number of benzene rings is 2. The first-order valence-electron chi connectivity index (χ1n) is 12.4. The van der Waals surface area contributed by atoms with Crippen molar-refractivity contribution >= 4 is 28.7 Å². The maximum absolute atomic E-state index is 13.4. The van der Waals surface area contributed by atoms with E-state index in [4.69, 9.17) is 4.74 Å². The minimum absolute atomic E-state index is 0.107. The van der Waals surface area contributed by atoms with Gasteiger partial charge in [-0.15, -0.1) is 0 Å². The highest BCUT2D eigenvalue weighted by Crippen LogP contribution is 2.29. The molecule has 1 atom stereocenters. The summed E-state index contributed by atoms with van der Waals surface area (Å²) in [6.07, 6.45) is 3.17. The number of aryl methyl sites for hydroxylation is 1. The summed E-state index contributed by atoms with van der Waals surface area (Å²) in [4.78, 5) is 48.4. The molecular formula is C30H23N5O4. The van der Waals surface area contributed by atoms with Crippen LogP contribution in [0.1, 0.15) is 32.7 Å². The molecule has 192 valence electrons. The summed E-state index contributed by atoms with van der Waals surface area (Å²) in [6, 6.07) is 18.1. The lowest BCUT2D eigenvalue weighted by atomic mass is 9.99. The Hall–Kier alpha value is -5.23. The van der Waals surface area contributed by atoms with Gasteiger partial charge in [0, 0.05) is 46.7 Å². The van der Waals surface area contributed by atoms with Gasteiger partial charge in [0.05, 0.1) is 12.1 Å². The van der Waals surface area contributed by atoms with Crippen LogP contribution in [-0.2, 0) is 17.9 Å². The second-order valence-electron chi connectivity index (χ2n) is 9.51. The molecule has 39 heavy (non-hydrogen) atoms. The third-order valence-electron chi connectivity index (χ3n) is 6.74. The molecular weight excluding hydrogens is 494 g/mol. The van der Waals surface area contributed by atoms with Gasteiger partial charge in [0.25, 0.3) is 11.8 Å². The van der Waals surface area contributed by atoms with E-state index in [2.05, 4.69) is 32.4 Å². The number of carbonyl (C=O) groups is 3. The molecule has 4 heterocycles. The second kappa shape index (κ2) is 9.58. The first kappa shape index (κ1) is 24.1. The molecule has 2 aliphatic rings. The number of nitrogens with zero attached hydrogens (tertiary/aromatic N) is 3. The zero-order chi connectivity index (χ0) is 27.0. The van der Waals surface area contributed by atoms with Crippen LogP contribution < -0.4 is 15.4 Å². The number of fused-ring (bicyclic) bond motifs is 2. The molecule has 2 N–H and O–H groups in total. The number of nitrogens with one attached hydrogen (secondary N) is 2. The number of urea groups is 1. The van der Waals surface area contributed by atoms with Crippen LogP contribution >= 0.6 is 0 Å². The van der Waals surface area contributed by atoms with Crippen molar-refractivity contribution < 1.29 is 19.1 Å². The molecule has 0 radical (unpaired) electrons. The van der Waals surface area contributed by atoms with Crippen molar-refractivity contribution in [3.05, 3.63) is 101 Å². The van der Waals surface area contributed by atoms with Crippen LogP contribution in [0, 0.1) is 18.8 Å². The Bertz CT molecular complexity index is 1710. The van der Waals surface area contributed by atoms with E-state index in [1.807, 2.05) is 49.4 Å². The van der Waals surface area contributed by atoms with Crippen LogP contribution in [0.25, 0.3) is 10.9 Å². The van der Waals surface area contributed by atoms with E-state index in [0.29, 0.717) is 23.5 Å². The maximum Gasteiger partial charge on any atom is 0.323 e. The molecule has 1 fully saturated rings. The summed E-state index contributed by atoms with van der Waals surface area (Å²) >= 11 is 0. The van der Waals surface area contributed by atoms with E-state index in [1.54, 1.807) is 30.6 Å². The van der Waals surface area contributed by atoms with E-state index in [0.717, 1.165) is 27.7 Å². The average molecular weight is 518 g/mol. The Kier molecular flexibility index (Phi) is 5.92. The summed E-state index contributed by atoms with van der Waals surface area (Å²) in [5.74, 6) is 5.46. The largest absolute Gasteiger partial charge is 0.489 e. The summed E-state index contributed by atoms with van der Waals surface area (Å²) in [7, 11) is 0. The third kappa shape index (κ3) is 4.64. The zero-order valence-electron chi connectivity index (χ0n) is 21.0. The molecule has 2 aromatic heterocycles. The standard InChI is InChI=1S/C30H23N5O4/c1-19-13-22(24-6-2-3-7-26(24)32-19)17-39-23-9-8-21-16-35(27(36)25(21)14-23)18-30(28(37)33-29(38)34-30)11-10-20-5-4-12-31-15-20/h2-9,12-15H,16-18H2,1H3,(H2,33,34,37,38). The monoisotopic (exact) mass is 517 g/mol. The van der Waals surface area contributed by atoms with E-state index in [9.17, 15) is 14.4 Å². The molecule has 2 aromatic carbocycles. The lowest BCUT2D eigenvalue weighted by Crippen LogP contribution is -2.54. The summed E-state index contributed by atoms with van der Waals surface area (Å²) in [6.45, 7) is 2.44. The second-order valence-corrected chi connectivity index (χ2v) is 9.51. The molecule has 2 aliphatic heterocycles. The summed E-state index contributed by atoms with van der Waals surface area (Å²) in [5, 5.41) is 5.87. The van der Waals surface area contributed by atoms with Gasteiger partial charge >= 0.3 is 6.03 Å². The zero-order valence-corrected chi connectivity index (χ0v) is 21.0. The van der Waals surface area contributed by atoms with Crippen LogP contribution in [0.2, 0.25) is 0 Å². The van der Waals surface area contributed by atoms with Gasteiger partial charge < -0.3 is 15.0 Å². The van der Waals surface area contributed by atoms with Crippen molar-refractivity contribution in [2.75, 3.05) is 6.54 Å².